The fraction of sp³-hybridized carbons (Fsp3) is 0.538. The number of fused-ring (bicyclic) bond motifs is 1. The number of hydrogen-bond acceptors (Lipinski definition) is 3. The van der Waals surface area contributed by atoms with E-state index in [0.29, 0.717) is 12.0 Å². The number of para-hydroxylation sites is 1. The molecule has 1 aliphatic rings. The van der Waals surface area contributed by atoms with Gasteiger partial charge in [-0.1, -0.05) is 19.9 Å². The molecular formula is C13H20N2O. The van der Waals surface area contributed by atoms with Crippen molar-refractivity contribution in [1.29, 1.82) is 0 Å². The first-order valence-electron chi connectivity index (χ1n) is 5.89. The van der Waals surface area contributed by atoms with E-state index < -0.39 is 0 Å². The zero-order valence-electron chi connectivity index (χ0n) is 10.2. The smallest absolute Gasteiger partial charge is 0.144 e. The van der Waals surface area contributed by atoms with Crippen LogP contribution in [0.1, 0.15) is 20.3 Å². The fourth-order valence-electron chi connectivity index (χ4n) is 2.13. The molecule has 1 aromatic carbocycles. The summed E-state index contributed by atoms with van der Waals surface area (Å²) >= 11 is 0. The minimum Gasteiger partial charge on any atom is -0.495 e. The fourth-order valence-corrected chi connectivity index (χ4v) is 2.13. The lowest BCUT2D eigenvalue weighted by molar-refractivity contribution is 0.416. The molecule has 3 heteroatoms. The molecule has 16 heavy (non-hydrogen) atoms. The van der Waals surface area contributed by atoms with Crippen molar-refractivity contribution in [1.82, 2.24) is 0 Å². The van der Waals surface area contributed by atoms with Gasteiger partial charge in [-0.25, -0.2) is 0 Å². The molecule has 3 nitrogen and oxygen atoms in total. The summed E-state index contributed by atoms with van der Waals surface area (Å²) in [6.07, 6.45) is 1.13. The summed E-state index contributed by atoms with van der Waals surface area (Å²) in [6.45, 7) is 5.49. The van der Waals surface area contributed by atoms with Crippen LogP contribution in [0.25, 0.3) is 0 Å². The van der Waals surface area contributed by atoms with Crippen LogP contribution in [0.15, 0.2) is 18.2 Å². The molecular weight excluding hydrogens is 200 g/mol. The van der Waals surface area contributed by atoms with E-state index in [-0.39, 0.29) is 0 Å². The lowest BCUT2D eigenvalue weighted by Crippen LogP contribution is -2.25. The summed E-state index contributed by atoms with van der Waals surface area (Å²) in [5.74, 6) is 1.55. The van der Waals surface area contributed by atoms with Gasteiger partial charge in [0.15, 0.2) is 0 Å². The Morgan fingerprint density at radius 2 is 2.19 bits per heavy atom. The molecule has 0 bridgehead atoms. The highest BCUT2D eigenvalue weighted by Gasteiger charge is 2.19. The van der Waals surface area contributed by atoms with Crippen molar-refractivity contribution in [2.24, 2.45) is 5.92 Å². The predicted octanol–water partition coefficient (Wildman–Crippen LogP) is 2.95. The number of hydrogen-bond donors (Lipinski definition) is 2. The van der Waals surface area contributed by atoms with Gasteiger partial charge in [-0.3, -0.25) is 0 Å². The zero-order chi connectivity index (χ0) is 11.5. The quantitative estimate of drug-likeness (QED) is 0.804. The second kappa shape index (κ2) is 4.64. The Labute approximate surface area is 97.2 Å². The van der Waals surface area contributed by atoms with E-state index in [0.717, 1.165) is 30.1 Å². The SMILES string of the molecule is COc1cccc2c1NCCC(C(C)C)N2. The molecule has 1 heterocycles. The van der Waals surface area contributed by atoms with E-state index in [1.54, 1.807) is 7.11 Å². The molecule has 1 aliphatic heterocycles. The molecule has 0 saturated carbocycles. The van der Waals surface area contributed by atoms with E-state index in [1.807, 2.05) is 12.1 Å². The number of rotatable bonds is 2. The normalized spacial score (nSPS) is 19.4. The van der Waals surface area contributed by atoms with Gasteiger partial charge in [-0.05, 0) is 24.5 Å². The summed E-state index contributed by atoms with van der Waals surface area (Å²) in [4.78, 5) is 0. The average Bonchev–Trinajstić information content (AvgIpc) is 2.50. The Morgan fingerprint density at radius 3 is 2.88 bits per heavy atom. The summed E-state index contributed by atoms with van der Waals surface area (Å²) in [7, 11) is 1.71. The monoisotopic (exact) mass is 220 g/mol. The van der Waals surface area contributed by atoms with Crippen LogP contribution in [0.5, 0.6) is 5.75 Å². The van der Waals surface area contributed by atoms with E-state index in [9.17, 15) is 0 Å². The zero-order valence-corrected chi connectivity index (χ0v) is 10.2. The Hall–Kier alpha value is -1.38. The van der Waals surface area contributed by atoms with Crippen LogP contribution in [0, 0.1) is 5.92 Å². The molecule has 2 rings (SSSR count). The highest BCUT2D eigenvalue weighted by atomic mass is 16.5. The van der Waals surface area contributed by atoms with Gasteiger partial charge in [0.2, 0.25) is 0 Å². The van der Waals surface area contributed by atoms with E-state index in [1.165, 1.54) is 0 Å². The van der Waals surface area contributed by atoms with Crippen molar-refractivity contribution in [3.63, 3.8) is 0 Å². The maximum Gasteiger partial charge on any atom is 0.144 e. The predicted molar refractivity (Wildman–Crippen MR) is 68.3 cm³/mol. The van der Waals surface area contributed by atoms with Gasteiger partial charge in [0.1, 0.15) is 11.4 Å². The number of nitrogens with one attached hydrogen (secondary N) is 2. The van der Waals surface area contributed by atoms with Crippen molar-refractivity contribution < 1.29 is 4.74 Å². The minimum atomic E-state index is 0.529. The van der Waals surface area contributed by atoms with Crippen molar-refractivity contribution in [3.05, 3.63) is 18.2 Å². The summed E-state index contributed by atoms with van der Waals surface area (Å²) in [6, 6.07) is 6.64. The van der Waals surface area contributed by atoms with Crippen molar-refractivity contribution in [2.45, 2.75) is 26.3 Å². The van der Waals surface area contributed by atoms with Gasteiger partial charge in [0.25, 0.3) is 0 Å². The maximum absolute atomic E-state index is 5.36. The standard InChI is InChI=1S/C13H20N2O/c1-9(2)10-7-8-14-13-11(15-10)5-4-6-12(13)16-3/h4-6,9-10,14-15H,7-8H2,1-3H3. The third-order valence-corrected chi connectivity index (χ3v) is 3.15. The van der Waals surface area contributed by atoms with Gasteiger partial charge in [0, 0.05) is 12.6 Å². The highest BCUT2D eigenvalue weighted by molar-refractivity contribution is 5.76. The molecule has 0 saturated heterocycles. The second-order valence-corrected chi connectivity index (χ2v) is 4.59. The average molecular weight is 220 g/mol. The number of methoxy groups -OCH3 is 1. The molecule has 0 fully saturated rings. The highest BCUT2D eigenvalue weighted by Crippen LogP contribution is 2.35. The first kappa shape index (κ1) is 11.1. The number of ether oxygens (including phenoxy) is 1. The van der Waals surface area contributed by atoms with Crippen LogP contribution in [0.3, 0.4) is 0 Å². The Bertz CT molecular complexity index is 363. The largest absolute Gasteiger partial charge is 0.495 e. The lowest BCUT2D eigenvalue weighted by Gasteiger charge is -2.21. The lowest BCUT2D eigenvalue weighted by atomic mass is 10.0. The number of anilines is 2. The first-order chi connectivity index (χ1) is 7.72. The molecule has 1 atom stereocenters. The van der Waals surface area contributed by atoms with Gasteiger partial charge in [-0.15, -0.1) is 0 Å². The van der Waals surface area contributed by atoms with Crippen LogP contribution in [0.2, 0.25) is 0 Å². The maximum atomic E-state index is 5.36. The number of benzene rings is 1. The molecule has 2 N–H and O–H groups in total. The molecule has 0 radical (unpaired) electrons. The molecule has 0 aliphatic carbocycles. The van der Waals surface area contributed by atoms with Crippen LogP contribution >= 0.6 is 0 Å². The topological polar surface area (TPSA) is 33.3 Å². The third kappa shape index (κ3) is 2.08. The third-order valence-electron chi connectivity index (χ3n) is 3.15. The molecule has 88 valence electrons. The van der Waals surface area contributed by atoms with Gasteiger partial charge < -0.3 is 15.4 Å². The van der Waals surface area contributed by atoms with Crippen LogP contribution < -0.4 is 15.4 Å². The Morgan fingerprint density at radius 1 is 1.38 bits per heavy atom. The molecule has 1 aromatic rings. The molecule has 0 aromatic heterocycles. The van der Waals surface area contributed by atoms with Gasteiger partial charge in [-0.2, -0.15) is 0 Å². The van der Waals surface area contributed by atoms with Crippen LogP contribution in [-0.4, -0.2) is 19.7 Å². The molecule has 0 amide bonds. The summed E-state index contributed by atoms with van der Waals surface area (Å²) < 4.78 is 5.36. The Kier molecular flexibility index (Phi) is 3.22. The van der Waals surface area contributed by atoms with E-state index >= 15 is 0 Å². The van der Waals surface area contributed by atoms with Crippen LogP contribution in [0.4, 0.5) is 11.4 Å². The molecule has 0 spiro atoms. The van der Waals surface area contributed by atoms with E-state index in [2.05, 4.69) is 30.5 Å². The first-order valence-corrected chi connectivity index (χ1v) is 5.89. The summed E-state index contributed by atoms with van der Waals surface area (Å²) in [5, 5.41) is 7.03. The summed E-state index contributed by atoms with van der Waals surface area (Å²) in [5.41, 5.74) is 2.24. The van der Waals surface area contributed by atoms with E-state index in [4.69, 9.17) is 4.74 Å². The van der Waals surface area contributed by atoms with Crippen molar-refractivity contribution in [2.75, 3.05) is 24.3 Å². The second-order valence-electron chi connectivity index (χ2n) is 4.59. The van der Waals surface area contributed by atoms with Crippen molar-refractivity contribution >= 4 is 11.4 Å². The van der Waals surface area contributed by atoms with Crippen molar-refractivity contribution in [3.8, 4) is 5.75 Å². The van der Waals surface area contributed by atoms with Crippen LogP contribution in [-0.2, 0) is 0 Å². The minimum absolute atomic E-state index is 0.529. The van der Waals surface area contributed by atoms with Gasteiger partial charge in [0.05, 0.1) is 12.8 Å². The Balaban J connectivity index is 2.31. The molecule has 1 unspecified atom stereocenters. The van der Waals surface area contributed by atoms with Gasteiger partial charge >= 0.3 is 0 Å².